The number of halogens is 2. The predicted molar refractivity (Wildman–Crippen MR) is 96.8 cm³/mol. The van der Waals surface area contributed by atoms with Crippen molar-refractivity contribution in [3.63, 3.8) is 0 Å². The minimum Gasteiger partial charge on any atom is -0.467 e. The van der Waals surface area contributed by atoms with Crippen LogP contribution in [-0.4, -0.2) is 21.9 Å². The van der Waals surface area contributed by atoms with E-state index in [0.29, 0.717) is 32.8 Å². The molecule has 0 fully saturated rings. The van der Waals surface area contributed by atoms with Crippen molar-refractivity contribution in [1.29, 1.82) is 0 Å². The van der Waals surface area contributed by atoms with Gasteiger partial charge in [0.05, 0.1) is 24.0 Å². The second-order valence-corrected chi connectivity index (χ2v) is 6.03. The Bertz CT molecular complexity index is 917. The van der Waals surface area contributed by atoms with Gasteiger partial charge >= 0.3 is 0 Å². The van der Waals surface area contributed by atoms with Gasteiger partial charge in [-0.1, -0.05) is 29.3 Å². The van der Waals surface area contributed by atoms with E-state index in [9.17, 15) is 4.79 Å². The second-order valence-electron chi connectivity index (χ2n) is 5.19. The molecule has 0 aliphatic heterocycles. The first kappa shape index (κ1) is 17.3. The summed E-state index contributed by atoms with van der Waals surface area (Å²) in [7, 11) is 1.68. The molecule has 0 unspecified atom stereocenters. The number of nitrogens with zero attached hydrogens (tertiary/aromatic N) is 3. The molecule has 0 saturated heterocycles. The van der Waals surface area contributed by atoms with Crippen LogP contribution in [0.25, 0.3) is 0 Å². The maximum absolute atomic E-state index is 12.4. The SMILES string of the molecule is Cn1ncc(N=Cc2ccc(Cl)cc2Cl)c1C(=O)NCc1ccco1. The van der Waals surface area contributed by atoms with Gasteiger partial charge in [0.1, 0.15) is 11.4 Å². The van der Waals surface area contributed by atoms with Crippen molar-refractivity contribution in [1.82, 2.24) is 15.1 Å². The number of hydrogen-bond donors (Lipinski definition) is 1. The normalized spacial score (nSPS) is 11.2. The number of aliphatic imine (C=N–C) groups is 1. The van der Waals surface area contributed by atoms with E-state index in [2.05, 4.69) is 15.4 Å². The third-order valence-corrected chi connectivity index (χ3v) is 4.01. The van der Waals surface area contributed by atoms with E-state index in [1.165, 1.54) is 10.9 Å². The van der Waals surface area contributed by atoms with E-state index in [-0.39, 0.29) is 12.5 Å². The molecule has 0 radical (unpaired) electrons. The molecule has 0 aliphatic rings. The summed E-state index contributed by atoms with van der Waals surface area (Å²) in [6, 6.07) is 8.64. The summed E-state index contributed by atoms with van der Waals surface area (Å²) < 4.78 is 6.66. The molecule has 0 bridgehead atoms. The molecule has 2 heterocycles. The van der Waals surface area contributed by atoms with E-state index in [1.54, 1.807) is 49.9 Å². The lowest BCUT2D eigenvalue weighted by Gasteiger charge is -2.05. The number of nitrogens with one attached hydrogen (secondary N) is 1. The molecule has 0 aliphatic carbocycles. The molecule has 0 spiro atoms. The van der Waals surface area contributed by atoms with Crippen LogP contribution in [0.3, 0.4) is 0 Å². The molecule has 0 atom stereocenters. The fourth-order valence-electron chi connectivity index (χ4n) is 2.19. The quantitative estimate of drug-likeness (QED) is 0.683. The van der Waals surface area contributed by atoms with E-state index in [1.807, 2.05) is 0 Å². The van der Waals surface area contributed by atoms with E-state index in [4.69, 9.17) is 27.6 Å². The van der Waals surface area contributed by atoms with Crippen molar-refractivity contribution >= 4 is 41.0 Å². The molecule has 6 nitrogen and oxygen atoms in total. The van der Waals surface area contributed by atoms with Crippen LogP contribution in [0, 0.1) is 0 Å². The van der Waals surface area contributed by atoms with Crippen molar-refractivity contribution < 1.29 is 9.21 Å². The van der Waals surface area contributed by atoms with Gasteiger partial charge in [-0.25, -0.2) is 0 Å². The van der Waals surface area contributed by atoms with Crippen molar-refractivity contribution in [2.24, 2.45) is 12.0 Å². The summed E-state index contributed by atoms with van der Waals surface area (Å²) in [5.41, 5.74) is 1.47. The molecule has 25 heavy (non-hydrogen) atoms. The summed E-state index contributed by atoms with van der Waals surface area (Å²) >= 11 is 12.0. The van der Waals surface area contributed by atoms with Crippen LogP contribution in [0.15, 0.2) is 52.2 Å². The Morgan fingerprint density at radius 3 is 2.96 bits per heavy atom. The number of carbonyl (C=O) groups is 1. The molecule has 8 heteroatoms. The lowest BCUT2D eigenvalue weighted by Crippen LogP contribution is -2.25. The van der Waals surface area contributed by atoms with Gasteiger partial charge in [0.15, 0.2) is 5.69 Å². The summed E-state index contributed by atoms with van der Waals surface area (Å²) in [4.78, 5) is 16.8. The highest BCUT2D eigenvalue weighted by atomic mass is 35.5. The van der Waals surface area contributed by atoms with Crippen LogP contribution >= 0.6 is 23.2 Å². The molecular weight excluding hydrogens is 363 g/mol. The number of aromatic nitrogens is 2. The van der Waals surface area contributed by atoms with Crippen LogP contribution in [-0.2, 0) is 13.6 Å². The van der Waals surface area contributed by atoms with Crippen LogP contribution in [0.4, 0.5) is 5.69 Å². The van der Waals surface area contributed by atoms with Gasteiger partial charge in [0.25, 0.3) is 5.91 Å². The van der Waals surface area contributed by atoms with Gasteiger partial charge in [0.2, 0.25) is 0 Å². The van der Waals surface area contributed by atoms with Crippen molar-refractivity contribution in [2.75, 3.05) is 0 Å². The van der Waals surface area contributed by atoms with Crippen LogP contribution in [0.2, 0.25) is 10.0 Å². The average molecular weight is 377 g/mol. The molecule has 1 aromatic carbocycles. The first-order valence-electron chi connectivity index (χ1n) is 7.36. The van der Waals surface area contributed by atoms with Gasteiger partial charge in [-0.15, -0.1) is 0 Å². The maximum Gasteiger partial charge on any atom is 0.272 e. The Balaban J connectivity index is 1.78. The molecule has 1 amide bonds. The van der Waals surface area contributed by atoms with Crippen LogP contribution in [0.1, 0.15) is 21.8 Å². The number of benzene rings is 1. The minimum absolute atomic E-state index is 0.281. The van der Waals surface area contributed by atoms with Gasteiger partial charge in [-0.3, -0.25) is 14.5 Å². The summed E-state index contributed by atoms with van der Waals surface area (Å²) in [5, 5.41) is 7.89. The fourth-order valence-corrected chi connectivity index (χ4v) is 2.65. The number of aryl methyl sites for hydroxylation is 1. The number of amides is 1. The van der Waals surface area contributed by atoms with E-state index < -0.39 is 0 Å². The number of hydrogen-bond acceptors (Lipinski definition) is 4. The highest BCUT2D eigenvalue weighted by Gasteiger charge is 2.16. The molecule has 128 valence electrons. The zero-order valence-electron chi connectivity index (χ0n) is 13.2. The smallest absolute Gasteiger partial charge is 0.272 e. The second kappa shape index (κ2) is 7.55. The Hall–Kier alpha value is -2.57. The molecule has 3 aromatic rings. The maximum atomic E-state index is 12.4. The van der Waals surface area contributed by atoms with Crippen LogP contribution < -0.4 is 5.32 Å². The van der Waals surface area contributed by atoms with Crippen LogP contribution in [0.5, 0.6) is 0 Å². The zero-order valence-corrected chi connectivity index (χ0v) is 14.8. The highest BCUT2D eigenvalue weighted by Crippen LogP contribution is 2.22. The Labute approximate surface area is 154 Å². The molecule has 0 saturated carbocycles. The predicted octanol–water partition coefficient (Wildman–Crippen LogP) is 4.00. The highest BCUT2D eigenvalue weighted by molar-refractivity contribution is 6.36. The standard InChI is InChI=1S/C17H14Cl2N4O2/c1-23-16(17(24)21-9-13-3-2-6-25-13)15(10-22-23)20-8-11-4-5-12(18)7-14(11)19/h2-8,10H,9H2,1H3,(H,21,24). The Morgan fingerprint density at radius 1 is 1.40 bits per heavy atom. The van der Waals surface area contributed by atoms with E-state index in [0.717, 1.165) is 0 Å². The first-order chi connectivity index (χ1) is 12.0. The summed E-state index contributed by atoms with van der Waals surface area (Å²) in [5.74, 6) is 0.360. The number of rotatable bonds is 5. The van der Waals surface area contributed by atoms with Gasteiger partial charge < -0.3 is 9.73 Å². The van der Waals surface area contributed by atoms with Gasteiger partial charge in [0, 0.05) is 23.8 Å². The third kappa shape index (κ3) is 4.10. The average Bonchev–Trinajstić information content (AvgIpc) is 3.21. The minimum atomic E-state index is -0.300. The fraction of sp³-hybridized carbons (Fsp3) is 0.118. The molecule has 3 rings (SSSR count). The van der Waals surface area contributed by atoms with Crippen molar-refractivity contribution in [3.05, 3.63) is 69.9 Å². The monoisotopic (exact) mass is 376 g/mol. The molecule has 1 N–H and O–H groups in total. The Kier molecular flexibility index (Phi) is 5.21. The topological polar surface area (TPSA) is 72.4 Å². The first-order valence-corrected chi connectivity index (χ1v) is 8.12. The Morgan fingerprint density at radius 2 is 2.24 bits per heavy atom. The lowest BCUT2D eigenvalue weighted by atomic mass is 10.2. The van der Waals surface area contributed by atoms with Gasteiger partial charge in [-0.2, -0.15) is 5.10 Å². The summed E-state index contributed by atoms with van der Waals surface area (Å²) in [6.07, 6.45) is 4.64. The van der Waals surface area contributed by atoms with E-state index >= 15 is 0 Å². The molecular formula is C17H14Cl2N4O2. The third-order valence-electron chi connectivity index (χ3n) is 3.44. The van der Waals surface area contributed by atoms with Crippen molar-refractivity contribution in [3.8, 4) is 0 Å². The largest absolute Gasteiger partial charge is 0.467 e. The summed E-state index contributed by atoms with van der Waals surface area (Å²) in [6.45, 7) is 0.281. The zero-order chi connectivity index (χ0) is 17.8. The van der Waals surface area contributed by atoms with Crippen molar-refractivity contribution in [2.45, 2.75) is 6.54 Å². The number of carbonyl (C=O) groups excluding carboxylic acids is 1. The molecule has 2 aromatic heterocycles. The number of furan rings is 1. The van der Waals surface area contributed by atoms with Gasteiger partial charge in [-0.05, 0) is 24.3 Å². The lowest BCUT2D eigenvalue weighted by molar-refractivity contribution is 0.0939.